The minimum atomic E-state index is 0.403. The fraction of sp³-hybridized carbons (Fsp3) is 0. The lowest BCUT2D eigenvalue weighted by atomic mass is 10.2. The number of aromatic nitrogens is 2. The fourth-order valence-corrected chi connectivity index (χ4v) is 2.36. The van der Waals surface area contributed by atoms with Crippen LogP contribution in [-0.4, -0.2) is 9.97 Å². The number of nitrogen functional groups attached to an aromatic ring is 2. The fourth-order valence-electron chi connectivity index (χ4n) is 1.48. The van der Waals surface area contributed by atoms with Gasteiger partial charge in [-0.15, -0.1) is 0 Å². The third-order valence-corrected chi connectivity index (χ3v) is 3.78. The summed E-state index contributed by atoms with van der Waals surface area (Å²) < 4.78 is 5.90. The van der Waals surface area contributed by atoms with Crippen LogP contribution in [0.25, 0.3) is 11.5 Å². The van der Waals surface area contributed by atoms with Crippen LogP contribution in [0.15, 0.2) is 47.1 Å². The maximum absolute atomic E-state index is 5.73. The van der Waals surface area contributed by atoms with Gasteiger partial charge >= 0.3 is 0 Å². The van der Waals surface area contributed by atoms with Gasteiger partial charge in [-0.05, 0) is 59.0 Å². The Hall–Kier alpha value is -1.51. The van der Waals surface area contributed by atoms with Crippen LogP contribution in [-0.2, 0) is 0 Å². The van der Waals surface area contributed by atoms with Crippen molar-refractivity contribution in [3.8, 4) is 11.5 Å². The highest BCUT2D eigenvalue weighted by atomic mass is 127. The zero-order valence-electron chi connectivity index (χ0n) is 11.1. The predicted molar refractivity (Wildman–Crippen MR) is 97.7 cm³/mol. The summed E-state index contributed by atoms with van der Waals surface area (Å²) in [5.74, 6) is 0.625. The largest absolute Gasteiger partial charge is 0.463 e. The Bertz CT molecular complexity index is 766. The molecule has 0 atom stereocenters. The third-order valence-electron chi connectivity index (χ3n) is 2.49. The van der Waals surface area contributed by atoms with Gasteiger partial charge in [0.25, 0.3) is 0 Å². The van der Waals surface area contributed by atoms with Crippen molar-refractivity contribution >= 4 is 57.2 Å². The molecule has 22 heavy (non-hydrogen) atoms. The van der Waals surface area contributed by atoms with Gasteiger partial charge in [0.2, 0.25) is 0 Å². The average molecular weight is 449 g/mol. The van der Waals surface area contributed by atoms with Gasteiger partial charge in [-0.2, -0.15) is 0 Å². The number of nitrogens with zero attached hydrogens (tertiary/aromatic N) is 2. The van der Waals surface area contributed by atoms with Crippen LogP contribution in [0.3, 0.4) is 0 Å². The number of rotatable bonds is 1. The molecule has 0 radical (unpaired) electrons. The summed E-state index contributed by atoms with van der Waals surface area (Å²) in [5, 5.41) is 0.884. The highest BCUT2D eigenvalue weighted by molar-refractivity contribution is 14.1. The molecule has 3 aromatic heterocycles. The first-order valence-corrected chi connectivity index (χ1v) is 7.84. The van der Waals surface area contributed by atoms with E-state index in [1.54, 1.807) is 42.7 Å². The molecule has 0 fully saturated rings. The van der Waals surface area contributed by atoms with Gasteiger partial charge in [0.1, 0.15) is 19.7 Å². The number of halogens is 3. The van der Waals surface area contributed by atoms with Crippen molar-refractivity contribution in [1.29, 1.82) is 0 Å². The number of hydrogen-bond acceptors (Lipinski definition) is 5. The van der Waals surface area contributed by atoms with E-state index in [9.17, 15) is 0 Å². The molecule has 0 saturated carbocycles. The number of nitrogens with two attached hydrogens (primary N) is 2. The number of pyridine rings is 2. The summed E-state index contributed by atoms with van der Waals surface area (Å²) in [7, 11) is 0. The maximum Gasteiger partial charge on any atom is 0.154 e. The Morgan fingerprint density at radius 3 is 2.09 bits per heavy atom. The van der Waals surface area contributed by atoms with Crippen LogP contribution >= 0.6 is 45.8 Å². The molecular formula is C14H11Cl2IN4O. The number of hydrogen-bond donors (Lipinski definition) is 2. The molecule has 8 heteroatoms. The Morgan fingerprint density at radius 1 is 0.909 bits per heavy atom. The second kappa shape index (κ2) is 7.66. The van der Waals surface area contributed by atoms with Crippen molar-refractivity contribution < 1.29 is 4.42 Å². The van der Waals surface area contributed by atoms with Crippen LogP contribution < -0.4 is 11.5 Å². The van der Waals surface area contributed by atoms with E-state index in [1.165, 1.54) is 0 Å². The van der Waals surface area contributed by atoms with E-state index in [1.807, 2.05) is 22.6 Å². The van der Waals surface area contributed by atoms with Gasteiger partial charge in [-0.25, -0.2) is 9.97 Å². The second-order valence-corrected chi connectivity index (χ2v) is 5.86. The van der Waals surface area contributed by atoms with Crippen LogP contribution in [0.2, 0.25) is 10.3 Å². The van der Waals surface area contributed by atoms with Gasteiger partial charge in [-0.1, -0.05) is 23.2 Å². The molecule has 0 saturated heterocycles. The van der Waals surface area contributed by atoms with E-state index in [4.69, 9.17) is 39.1 Å². The predicted octanol–water partition coefficient (Wildman–Crippen LogP) is 4.50. The van der Waals surface area contributed by atoms with Crippen LogP contribution in [0.5, 0.6) is 0 Å². The second-order valence-electron chi connectivity index (χ2n) is 4.06. The number of anilines is 2. The summed E-state index contributed by atoms with van der Waals surface area (Å²) in [6.07, 6.45) is 1.57. The lowest BCUT2D eigenvalue weighted by Crippen LogP contribution is -1.92. The molecule has 0 bridgehead atoms. The minimum Gasteiger partial charge on any atom is -0.463 e. The van der Waals surface area contributed by atoms with Crippen molar-refractivity contribution in [2.24, 2.45) is 0 Å². The Morgan fingerprint density at radius 2 is 1.55 bits per heavy atom. The molecule has 0 aromatic carbocycles. The quantitative estimate of drug-likeness (QED) is 0.422. The van der Waals surface area contributed by atoms with E-state index >= 15 is 0 Å². The molecule has 0 spiro atoms. The first-order chi connectivity index (χ1) is 10.5. The minimum absolute atomic E-state index is 0.403. The van der Waals surface area contributed by atoms with Crippen LogP contribution in [0, 0.1) is 3.70 Å². The van der Waals surface area contributed by atoms with Crippen molar-refractivity contribution in [1.82, 2.24) is 9.97 Å². The topological polar surface area (TPSA) is 91.0 Å². The first-order valence-electron chi connectivity index (χ1n) is 6.01. The summed E-state index contributed by atoms with van der Waals surface area (Å²) in [5.41, 5.74) is 13.0. The Kier molecular flexibility index (Phi) is 5.87. The van der Waals surface area contributed by atoms with Crippen molar-refractivity contribution in [3.05, 3.63) is 56.7 Å². The highest BCUT2D eigenvalue weighted by Crippen LogP contribution is 2.25. The highest BCUT2D eigenvalue weighted by Gasteiger charge is 2.07. The normalized spacial score (nSPS) is 9.95. The maximum atomic E-state index is 5.73. The van der Waals surface area contributed by atoms with Crippen molar-refractivity contribution in [2.75, 3.05) is 11.5 Å². The molecule has 5 nitrogen and oxygen atoms in total. The zero-order chi connectivity index (χ0) is 16.1. The lowest BCUT2D eigenvalue weighted by Gasteiger charge is -2.00. The Balaban J connectivity index is 0.000000172. The van der Waals surface area contributed by atoms with Gasteiger partial charge < -0.3 is 15.9 Å². The van der Waals surface area contributed by atoms with Crippen LogP contribution in [0.1, 0.15) is 0 Å². The molecular weight excluding hydrogens is 438 g/mol. The van der Waals surface area contributed by atoms with Gasteiger partial charge in [-0.3, -0.25) is 0 Å². The third kappa shape index (κ3) is 4.49. The Labute approximate surface area is 150 Å². The molecule has 3 heterocycles. The standard InChI is InChI=1S/C9H7ClN2O.C5H4ClIN2/c10-8-4-3-6(11)9(12-8)7-2-1-5-13-7;6-4-2-1-3(8)5(7)9-4/h1-5H,11H2;1-2H,8H2. The van der Waals surface area contributed by atoms with E-state index in [0.29, 0.717) is 33.1 Å². The van der Waals surface area contributed by atoms with Gasteiger partial charge in [0.15, 0.2) is 5.76 Å². The molecule has 0 amide bonds. The monoisotopic (exact) mass is 448 g/mol. The summed E-state index contributed by atoms with van der Waals surface area (Å²) in [4.78, 5) is 7.96. The molecule has 0 aliphatic carbocycles. The molecule has 3 aromatic rings. The zero-order valence-corrected chi connectivity index (χ0v) is 14.8. The van der Waals surface area contributed by atoms with E-state index in [2.05, 4.69) is 9.97 Å². The van der Waals surface area contributed by atoms with Crippen LogP contribution in [0.4, 0.5) is 11.4 Å². The van der Waals surface area contributed by atoms with Crippen molar-refractivity contribution in [3.63, 3.8) is 0 Å². The summed E-state index contributed by atoms with van der Waals surface area (Å²) >= 11 is 13.3. The molecule has 0 unspecified atom stereocenters. The van der Waals surface area contributed by atoms with Crippen molar-refractivity contribution in [2.45, 2.75) is 0 Å². The van der Waals surface area contributed by atoms with E-state index in [0.717, 1.165) is 3.70 Å². The van der Waals surface area contributed by atoms with Gasteiger partial charge in [0, 0.05) is 0 Å². The summed E-state index contributed by atoms with van der Waals surface area (Å²) in [6.45, 7) is 0. The molecule has 0 aliphatic heterocycles. The molecule has 4 N–H and O–H groups in total. The smallest absolute Gasteiger partial charge is 0.154 e. The molecule has 3 rings (SSSR count). The van der Waals surface area contributed by atoms with E-state index < -0.39 is 0 Å². The van der Waals surface area contributed by atoms with E-state index in [-0.39, 0.29) is 0 Å². The SMILES string of the molecule is Nc1ccc(Cl)nc1-c1ccco1.Nc1ccc(Cl)nc1I. The molecule has 0 aliphatic rings. The van der Waals surface area contributed by atoms with Gasteiger partial charge in [0.05, 0.1) is 17.6 Å². The molecule has 114 valence electrons. The summed E-state index contributed by atoms with van der Waals surface area (Å²) in [6, 6.07) is 10.3. The average Bonchev–Trinajstić information content (AvgIpc) is 3.01. The lowest BCUT2D eigenvalue weighted by molar-refractivity contribution is 0.580. The number of furan rings is 1. The first kappa shape index (κ1) is 16.9.